The molecule has 0 aliphatic carbocycles. The largest absolute Gasteiger partial charge is 0.386 e. The molecule has 0 bridgehead atoms. The van der Waals surface area contributed by atoms with Gasteiger partial charge >= 0.3 is 0 Å². The molecule has 1 aromatic heterocycles. The Kier molecular flexibility index (Phi) is 4.95. The first-order chi connectivity index (χ1) is 10.2. The molecule has 1 N–H and O–H groups in total. The van der Waals surface area contributed by atoms with Crippen LogP contribution in [0.3, 0.4) is 0 Å². The molecule has 0 saturated carbocycles. The Hall–Kier alpha value is -1.36. The van der Waals surface area contributed by atoms with Crippen LogP contribution in [0.15, 0.2) is 35.4 Å². The summed E-state index contributed by atoms with van der Waals surface area (Å²) >= 11 is 11.9. The molecule has 1 heterocycles. The van der Waals surface area contributed by atoms with Gasteiger partial charge in [0.1, 0.15) is 0 Å². The SMILES string of the molecule is CC(C)(C)c1cc(=O)n(CC(O)c2ccc(Cl)cc2Cl)cn1. The molecular formula is C16H18Cl2N2O2. The third-order valence-corrected chi connectivity index (χ3v) is 3.90. The Morgan fingerprint density at radius 3 is 2.50 bits per heavy atom. The van der Waals surface area contributed by atoms with Crippen molar-refractivity contribution in [3.05, 3.63) is 62.2 Å². The molecular weight excluding hydrogens is 323 g/mol. The van der Waals surface area contributed by atoms with Crippen molar-refractivity contribution >= 4 is 23.2 Å². The lowest BCUT2D eigenvalue weighted by Gasteiger charge is -2.19. The van der Waals surface area contributed by atoms with E-state index in [0.717, 1.165) is 0 Å². The summed E-state index contributed by atoms with van der Waals surface area (Å²) in [6.07, 6.45) is 0.542. The average molecular weight is 341 g/mol. The smallest absolute Gasteiger partial charge is 0.253 e. The van der Waals surface area contributed by atoms with E-state index in [4.69, 9.17) is 23.2 Å². The molecule has 1 atom stereocenters. The summed E-state index contributed by atoms with van der Waals surface area (Å²) < 4.78 is 1.37. The van der Waals surface area contributed by atoms with Gasteiger partial charge in [-0.1, -0.05) is 50.0 Å². The van der Waals surface area contributed by atoms with E-state index < -0.39 is 6.10 Å². The number of hydrogen-bond donors (Lipinski definition) is 1. The first-order valence-corrected chi connectivity index (χ1v) is 7.64. The van der Waals surface area contributed by atoms with Crippen molar-refractivity contribution in [1.82, 2.24) is 9.55 Å². The van der Waals surface area contributed by atoms with Crippen molar-refractivity contribution in [3.8, 4) is 0 Å². The summed E-state index contributed by atoms with van der Waals surface area (Å²) in [6.45, 7) is 6.04. The van der Waals surface area contributed by atoms with Crippen LogP contribution in [-0.2, 0) is 12.0 Å². The predicted molar refractivity (Wildman–Crippen MR) is 88.6 cm³/mol. The first kappa shape index (κ1) is 17.0. The highest BCUT2D eigenvalue weighted by Gasteiger charge is 2.18. The van der Waals surface area contributed by atoms with Gasteiger partial charge in [-0.2, -0.15) is 0 Å². The number of benzene rings is 1. The van der Waals surface area contributed by atoms with Crippen molar-refractivity contribution in [3.63, 3.8) is 0 Å². The predicted octanol–water partition coefficient (Wildman–Crippen LogP) is 3.58. The monoisotopic (exact) mass is 340 g/mol. The zero-order chi connectivity index (χ0) is 16.5. The van der Waals surface area contributed by atoms with Crippen LogP contribution in [0.1, 0.15) is 38.1 Å². The van der Waals surface area contributed by atoms with Gasteiger partial charge in [0.15, 0.2) is 0 Å². The molecule has 118 valence electrons. The number of aliphatic hydroxyl groups is 1. The molecule has 0 radical (unpaired) electrons. The second-order valence-electron chi connectivity index (χ2n) is 6.20. The summed E-state index contributed by atoms with van der Waals surface area (Å²) in [7, 11) is 0. The molecule has 0 amide bonds. The van der Waals surface area contributed by atoms with Gasteiger partial charge in [-0.3, -0.25) is 9.36 Å². The molecule has 0 spiro atoms. The van der Waals surface area contributed by atoms with Crippen molar-refractivity contribution in [2.24, 2.45) is 0 Å². The molecule has 22 heavy (non-hydrogen) atoms. The van der Waals surface area contributed by atoms with Crippen LogP contribution < -0.4 is 5.56 Å². The molecule has 1 unspecified atom stereocenters. The fraction of sp³-hybridized carbons (Fsp3) is 0.375. The minimum atomic E-state index is -0.912. The van der Waals surface area contributed by atoms with Crippen molar-refractivity contribution < 1.29 is 5.11 Å². The Balaban J connectivity index is 2.25. The molecule has 0 fully saturated rings. The average Bonchev–Trinajstić information content (AvgIpc) is 2.39. The maximum atomic E-state index is 12.2. The number of nitrogens with zero attached hydrogens (tertiary/aromatic N) is 2. The van der Waals surface area contributed by atoms with E-state index in [1.54, 1.807) is 18.2 Å². The fourth-order valence-electron chi connectivity index (χ4n) is 2.03. The molecule has 0 aliphatic heterocycles. The standard InChI is InChI=1S/C16H18Cl2N2O2/c1-16(2,3)14-7-15(22)20(9-19-14)8-13(21)11-5-4-10(17)6-12(11)18/h4-7,9,13,21H,8H2,1-3H3. The summed E-state index contributed by atoms with van der Waals surface area (Å²) in [5, 5.41) is 11.1. The van der Waals surface area contributed by atoms with E-state index in [1.807, 2.05) is 20.8 Å². The number of aliphatic hydroxyl groups excluding tert-OH is 1. The number of rotatable bonds is 3. The number of halogens is 2. The lowest BCUT2D eigenvalue weighted by Crippen LogP contribution is -2.26. The van der Waals surface area contributed by atoms with E-state index in [9.17, 15) is 9.90 Å². The fourth-order valence-corrected chi connectivity index (χ4v) is 2.56. The van der Waals surface area contributed by atoms with Gasteiger partial charge in [0.05, 0.1) is 24.7 Å². The quantitative estimate of drug-likeness (QED) is 0.928. The van der Waals surface area contributed by atoms with Gasteiger partial charge in [0.25, 0.3) is 5.56 Å². The van der Waals surface area contributed by atoms with Gasteiger partial charge in [-0.25, -0.2) is 4.98 Å². The van der Waals surface area contributed by atoms with E-state index in [-0.39, 0.29) is 17.5 Å². The Morgan fingerprint density at radius 2 is 1.95 bits per heavy atom. The molecule has 0 saturated heterocycles. The molecule has 1 aromatic carbocycles. The number of aromatic nitrogens is 2. The molecule has 2 rings (SSSR count). The third-order valence-electron chi connectivity index (χ3n) is 3.34. The van der Waals surface area contributed by atoms with Crippen molar-refractivity contribution in [2.75, 3.05) is 0 Å². The topological polar surface area (TPSA) is 55.1 Å². The number of hydrogen-bond acceptors (Lipinski definition) is 3. The van der Waals surface area contributed by atoms with Crippen LogP contribution in [0.2, 0.25) is 10.0 Å². The van der Waals surface area contributed by atoms with Crippen LogP contribution in [0.25, 0.3) is 0 Å². The lowest BCUT2D eigenvalue weighted by molar-refractivity contribution is 0.154. The van der Waals surface area contributed by atoms with Gasteiger partial charge in [-0.15, -0.1) is 0 Å². The second-order valence-corrected chi connectivity index (χ2v) is 7.04. The van der Waals surface area contributed by atoms with Crippen molar-refractivity contribution in [1.29, 1.82) is 0 Å². The van der Waals surface area contributed by atoms with Gasteiger partial charge in [0.2, 0.25) is 0 Å². The van der Waals surface area contributed by atoms with E-state index in [0.29, 0.717) is 21.3 Å². The van der Waals surface area contributed by atoms with Crippen molar-refractivity contribution in [2.45, 2.75) is 38.8 Å². The zero-order valence-electron chi connectivity index (χ0n) is 12.7. The lowest BCUT2D eigenvalue weighted by atomic mass is 9.92. The third kappa shape index (κ3) is 3.88. The Bertz CT molecular complexity index is 736. The van der Waals surface area contributed by atoms with E-state index >= 15 is 0 Å². The van der Waals surface area contributed by atoms with E-state index in [2.05, 4.69) is 4.98 Å². The zero-order valence-corrected chi connectivity index (χ0v) is 14.2. The second kappa shape index (κ2) is 6.41. The van der Waals surface area contributed by atoms with E-state index in [1.165, 1.54) is 17.0 Å². The van der Waals surface area contributed by atoms with Crippen LogP contribution in [0, 0.1) is 0 Å². The van der Waals surface area contributed by atoms with Crippen LogP contribution >= 0.6 is 23.2 Å². The van der Waals surface area contributed by atoms with Crippen LogP contribution in [-0.4, -0.2) is 14.7 Å². The minimum Gasteiger partial charge on any atom is -0.386 e. The highest BCUT2D eigenvalue weighted by Crippen LogP contribution is 2.27. The van der Waals surface area contributed by atoms with Crippen LogP contribution in [0.4, 0.5) is 0 Å². The Labute approximate surface area is 139 Å². The van der Waals surface area contributed by atoms with Gasteiger partial charge in [-0.05, 0) is 12.1 Å². The molecule has 4 nitrogen and oxygen atoms in total. The summed E-state index contributed by atoms with van der Waals surface area (Å²) in [5.74, 6) is 0. The van der Waals surface area contributed by atoms with Gasteiger partial charge < -0.3 is 5.11 Å². The summed E-state index contributed by atoms with van der Waals surface area (Å²) in [6, 6.07) is 6.36. The maximum absolute atomic E-state index is 12.2. The summed E-state index contributed by atoms with van der Waals surface area (Å²) in [5.41, 5.74) is 0.839. The first-order valence-electron chi connectivity index (χ1n) is 6.88. The minimum absolute atomic E-state index is 0.0810. The Morgan fingerprint density at radius 1 is 1.27 bits per heavy atom. The summed E-state index contributed by atoms with van der Waals surface area (Å²) in [4.78, 5) is 16.4. The highest BCUT2D eigenvalue weighted by molar-refractivity contribution is 6.35. The normalized spacial score (nSPS) is 13.2. The molecule has 2 aromatic rings. The molecule has 6 heteroatoms. The molecule has 0 aliphatic rings. The highest BCUT2D eigenvalue weighted by atomic mass is 35.5. The van der Waals surface area contributed by atoms with Crippen LogP contribution in [0.5, 0.6) is 0 Å². The maximum Gasteiger partial charge on any atom is 0.253 e. The van der Waals surface area contributed by atoms with Gasteiger partial charge in [0, 0.05) is 27.1 Å².